The second kappa shape index (κ2) is 2.11. The van der Waals surface area contributed by atoms with Gasteiger partial charge in [-0.3, -0.25) is 0 Å². The van der Waals surface area contributed by atoms with Crippen LogP contribution in [-0.2, 0) is 0 Å². The van der Waals surface area contributed by atoms with Crippen molar-refractivity contribution in [3.63, 3.8) is 0 Å². The lowest BCUT2D eigenvalue weighted by Crippen LogP contribution is -2.45. The summed E-state index contributed by atoms with van der Waals surface area (Å²) in [6, 6.07) is 0.619. The van der Waals surface area contributed by atoms with Crippen molar-refractivity contribution in [1.29, 1.82) is 0 Å². The van der Waals surface area contributed by atoms with Crippen LogP contribution >= 0.6 is 0 Å². The van der Waals surface area contributed by atoms with E-state index < -0.39 is 6.09 Å². The second-order valence-electron chi connectivity index (χ2n) is 3.38. The molecule has 2 N–H and O–H groups in total. The number of piperazine rings is 1. The third kappa shape index (κ3) is 0.822. The molecule has 2 heterocycles. The van der Waals surface area contributed by atoms with Gasteiger partial charge in [-0.1, -0.05) is 6.92 Å². The van der Waals surface area contributed by atoms with E-state index in [4.69, 9.17) is 5.11 Å². The molecule has 0 spiro atoms. The van der Waals surface area contributed by atoms with E-state index in [9.17, 15) is 4.79 Å². The number of hydrogen-bond donors (Lipinski definition) is 2. The van der Waals surface area contributed by atoms with Gasteiger partial charge in [0.1, 0.15) is 0 Å². The maximum atomic E-state index is 10.6. The molecule has 2 rings (SSSR count). The van der Waals surface area contributed by atoms with Crippen molar-refractivity contribution >= 4 is 6.09 Å². The molecule has 0 aromatic carbocycles. The highest BCUT2D eigenvalue weighted by Crippen LogP contribution is 2.28. The van der Waals surface area contributed by atoms with E-state index >= 15 is 0 Å². The molecule has 4 heteroatoms. The Kier molecular flexibility index (Phi) is 1.32. The van der Waals surface area contributed by atoms with Gasteiger partial charge in [0.15, 0.2) is 0 Å². The summed E-state index contributed by atoms with van der Waals surface area (Å²) in [7, 11) is 0. The molecule has 0 aliphatic carbocycles. The Hall–Kier alpha value is -0.770. The topological polar surface area (TPSA) is 52.6 Å². The summed E-state index contributed by atoms with van der Waals surface area (Å²) in [6.45, 7) is 3.61. The van der Waals surface area contributed by atoms with Gasteiger partial charge < -0.3 is 15.3 Å². The Morgan fingerprint density at radius 2 is 2.45 bits per heavy atom. The minimum Gasteiger partial charge on any atom is -0.465 e. The minimum atomic E-state index is -0.772. The lowest BCUT2D eigenvalue weighted by Gasteiger charge is -2.24. The number of carbonyl (C=O) groups is 1. The molecule has 11 heavy (non-hydrogen) atoms. The average Bonchev–Trinajstić information content (AvgIpc) is 2.46. The highest BCUT2D eigenvalue weighted by molar-refractivity contribution is 5.66. The summed E-state index contributed by atoms with van der Waals surface area (Å²) in [4.78, 5) is 12.2. The third-order valence-corrected chi connectivity index (χ3v) is 2.87. The van der Waals surface area contributed by atoms with Gasteiger partial charge in [-0.25, -0.2) is 4.79 Å². The number of hydrogen-bond acceptors (Lipinski definition) is 2. The first-order chi connectivity index (χ1) is 5.20. The van der Waals surface area contributed by atoms with Crippen molar-refractivity contribution in [1.82, 2.24) is 10.2 Å². The van der Waals surface area contributed by atoms with E-state index in [1.54, 1.807) is 4.90 Å². The molecule has 2 fully saturated rings. The molecule has 3 unspecified atom stereocenters. The van der Waals surface area contributed by atoms with Crippen molar-refractivity contribution < 1.29 is 9.90 Å². The van der Waals surface area contributed by atoms with Crippen LogP contribution < -0.4 is 5.32 Å². The van der Waals surface area contributed by atoms with Crippen LogP contribution in [0.3, 0.4) is 0 Å². The molecule has 0 radical (unpaired) electrons. The molecule has 3 atom stereocenters. The van der Waals surface area contributed by atoms with Gasteiger partial charge in [0.25, 0.3) is 0 Å². The fraction of sp³-hybridized carbons (Fsp3) is 0.857. The normalized spacial score (nSPS) is 41.5. The number of carboxylic acid groups (broad SMARTS) is 1. The van der Waals surface area contributed by atoms with Crippen molar-refractivity contribution in [2.75, 3.05) is 13.1 Å². The highest BCUT2D eigenvalue weighted by atomic mass is 16.4. The average molecular weight is 156 g/mol. The summed E-state index contributed by atoms with van der Waals surface area (Å²) < 4.78 is 0. The predicted molar refractivity (Wildman–Crippen MR) is 39.5 cm³/mol. The number of fused-ring (bicyclic) bond motifs is 2. The zero-order chi connectivity index (χ0) is 8.01. The zero-order valence-electron chi connectivity index (χ0n) is 6.45. The van der Waals surface area contributed by atoms with Crippen LogP contribution in [0.1, 0.15) is 6.92 Å². The quantitative estimate of drug-likeness (QED) is 0.517. The molecular weight excluding hydrogens is 144 g/mol. The van der Waals surface area contributed by atoms with E-state index in [1.165, 1.54) is 0 Å². The fourth-order valence-corrected chi connectivity index (χ4v) is 2.10. The molecule has 2 aliphatic rings. The number of nitrogens with zero attached hydrogens (tertiary/aromatic N) is 1. The molecule has 1 amide bonds. The van der Waals surface area contributed by atoms with Gasteiger partial charge in [0.2, 0.25) is 0 Å². The first-order valence-corrected chi connectivity index (χ1v) is 3.93. The van der Waals surface area contributed by atoms with Crippen LogP contribution in [0.25, 0.3) is 0 Å². The SMILES string of the molecule is CC1C2CN(C(=O)O)C1CN2. The number of nitrogens with one attached hydrogen (secondary N) is 1. The largest absolute Gasteiger partial charge is 0.465 e. The summed E-state index contributed by atoms with van der Waals surface area (Å²) in [6.07, 6.45) is -0.772. The molecule has 4 nitrogen and oxygen atoms in total. The highest BCUT2D eigenvalue weighted by Gasteiger charge is 2.46. The lowest BCUT2D eigenvalue weighted by molar-refractivity contribution is 0.132. The predicted octanol–water partition coefficient (Wildman–Crippen LogP) is -0.0435. The molecule has 0 aromatic heterocycles. The summed E-state index contributed by atoms with van der Waals surface area (Å²) in [5, 5.41) is 12.0. The van der Waals surface area contributed by atoms with Crippen molar-refractivity contribution in [2.45, 2.75) is 19.0 Å². The Morgan fingerprint density at radius 1 is 1.73 bits per heavy atom. The molecule has 62 valence electrons. The molecule has 2 saturated heterocycles. The maximum absolute atomic E-state index is 10.6. The van der Waals surface area contributed by atoms with Crippen LogP contribution in [0, 0.1) is 5.92 Å². The first kappa shape index (κ1) is 6.91. The van der Waals surface area contributed by atoms with Gasteiger partial charge in [-0.15, -0.1) is 0 Å². The van der Waals surface area contributed by atoms with Crippen molar-refractivity contribution in [3.8, 4) is 0 Å². The van der Waals surface area contributed by atoms with Crippen LogP contribution in [0.5, 0.6) is 0 Å². The van der Waals surface area contributed by atoms with Crippen LogP contribution in [0.15, 0.2) is 0 Å². The van der Waals surface area contributed by atoms with Gasteiger partial charge in [-0.2, -0.15) is 0 Å². The molecular formula is C7H12N2O2. The third-order valence-electron chi connectivity index (χ3n) is 2.87. The van der Waals surface area contributed by atoms with Gasteiger partial charge >= 0.3 is 6.09 Å². The summed E-state index contributed by atoms with van der Waals surface area (Å²) in [5.74, 6) is 0.492. The zero-order valence-corrected chi connectivity index (χ0v) is 6.45. The standard InChI is InChI=1S/C7H12N2O2/c1-4-5-3-9(7(10)11)6(4)2-8-5/h4-6,8H,2-3H2,1H3,(H,10,11). The minimum absolute atomic E-state index is 0.220. The number of amides is 1. The molecule has 0 saturated carbocycles. The molecule has 2 bridgehead atoms. The van der Waals surface area contributed by atoms with Gasteiger partial charge in [0.05, 0.1) is 6.04 Å². The van der Waals surface area contributed by atoms with E-state index in [0.717, 1.165) is 6.54 Å². The van der Waals surface area contributed by atoms with E-state index in [-0.39, 0.29) is 6.04 Å². The van der Waals surface area contributed by atoms with E-state index in [2.05, 4.69) is 12.2 Å². The molecule has 0 aromatic rings. The van der Waals surface area contributed by atoms with E-state index in [0.29, 0.717) is 18.5 Å². The van der Waals surface area contributed by atoms with Gasteiger partial charge in [0, 0.05) is 19.1 Å². The first-order valence-electron chi connectivity index (χ1n) is 3.93. The van der Waals surface area contributed by atoms with E-state index in [1.807, 2.05) is 0 Å². The van der Waals surface area contributed by atoms with Crippen LogP contribution in [0.2, 0.25) is 0 Å². The van der Waals surface area contributed by atoms with Gasteiger partial charge in [-0.05, 0) is 5.92 Å². The van der Waals surface area contributed by atoms with Crippen LogP contribution in [0.4, 0.5) is 4.79 Å². The number of rotatable bonds is 0. The van der Waals surface area contributed by atoms with Crippen molar-refractivity contribution in [3.05, 3.63) is 0 Å². The Labute approximate surface area is 65.2 Å². The maximum Gasteiger partial charge on any atom is 0.407 e. The second-order valence-corrected chi connectivity index (χ2v) is 3.38. The van der Waals surface area contributed by atoms with Crippen LogP contribution in [-0.4, -0.2) is 41.3 Å². The van der Waals surface area contributed by atoms with Crippen molar-refractivity contribution in [2.24, 2.45) is 5.92 Å². The molecule has 2 aliphatic heterocycles. The summed E-state index contributed by atoms with van der Waals surface area (Å²) in [5.41, 5.74) is 0. The lowest BCUT2D eigenvalue weighted by atomic mass is 10.0. The fourth-order valence-electron chi connectivity index (χ4n) is 2.10. The Bertz CT molecular complexity index is 195. The Balaban J connectivity index is 2.14. The summed E-state index contributed by atoms with van der Waals surface area (Å²) >= 11 is 0. The smallest absolute Gasteiger partial charge is 0.407 e. The number of likely N-dealkylation sites (tertiary alicyclic amines) is 1. The Morgan fingerprint density at radius 3 is 2.73 bits per heavy atom. The monoisotopic (exact) mass is 156 g/mol.